The van der Waals surface area contributed by atoms with E-state index in [4.69, 9.17) is 11.5 Å². The van der Waals surface area contributed by atoms with E-state index in [0.29, 0.717) is 27.6 Å². The normalized spacial score (nSPS) is 14.9. The zero-order chi connectivity index (χ0) is 94.5. The summed E-state index contributed by atoms with van der Waals surface area (Å²) in [5, 5.41) is 95.1. The number of carboxylic acid groups (broad SMARTS) is 4. The maximum atomic E-state index is 15.1. The summed E-state index contributed by atoms with van der Waals surface area (Å²) in [4.78, 5) is 285. The van der Waals surface area contributed by atoms with E-state index >= 15 is 4.79 Å². The zero-order valence-electron chi connectivity index (χ0n) is 70.7. The number of H-pyrrole nitrogens is 1. The smallest absolute Gasteiger partial charge is 0.305 e. The topological polar surface area (TPSA) is 728 Å². The number of rotatable bonds is 54. The molecule has 688 valence electrons. The van der Waals surface area contributed by atoms with Gasteiger partial charge in [0.1, 0.15) is 90.6 Å². The maximum Gasteiger partial charge on any atom is 0.305 e. The number of aliphatic carboxylic acids is 4. The second kappa shape index (κ2) is 51.2. The minimum Gasteiger partial charge on any atom is -0.481 e. The molecule has 45 heteroatoms. The lowest BCUT2D eigenvalue weighted by atomic mass is 10.0. The molecule has 0 saturated heterocycles. The summed E-state index contributed by atoms with van der Waals surface area (Å²) >= 11 is 0. The van der Waals surface area contributed by atoms with Crippen molar-refractivity contribution in [2.45, 2.75) is 236 Å². The Bertz CT molecular complexity index is 4550. The van der Waals surface area contributed by atoms with Crippen LogP contribution in [0.5, 0.6) is 0 Å². The average molecular weight is 1770 g/mol. The van der Waals surface area contributed by atoms with Crippen LogP contribution in [-0.2, 0) is 120 Å². The second-order valence-corrected chi connectivity index (χ2v) is 30.8. The minimum absolute atomic E-state index is 0.000463. The lowest BCUT2D eigenvalue weighted by molar-refractivity contribution is -0.142. The molecule has 0 aliphatic carbocycles. The number of amides is 17. The molecule has 0 aliphatic heterocycles. The Labute approximate surface area is 722 Å². The minimum atomic E-state index is -2.21. The highest BCUT2D eigenvalue weighted by Gasteiger charge is 2.40. The summed E-state index contributed by atoms with van der Waals surface area (Å²) in [6.45, 7) is 11.3. The SMILES string of the molecule is CC(=O)N[C@@H](CC(=O)O)C(=O)N[C@@H](Cc1ccccc1)C(=O)N[C@H](C(=O)N[C@@H](C)C(=O)N[C@@H](CC(N)=O)C(=O)N[C@@H](CC(=O)O)C(=O)N[C@@H](CC(C)C)C(=O)N[C@@H](CCC(=O)O)C(=O)N[C@@H](CCC(=O)O)C(=O)N[C@@H](Cc1c[nH]c2ccccc12)C(=O)N[C@@H](Cc1ccccc1)C(=O)N[C@@H](C)C(=O)N[C@@H](CC(C)C)C(=O)N[C@@H](C)C(=O)N[C@@H](CO)C(N)=O)[C@@H](C)O. The Kier molecular flexibility index (Phi) is 42.4. The number of aliphatic hydroxyl groups is 2. The lowest BCUT2D eigenvalue weighted by Gasteiger charge is -2.28. The van der Waals surface area contributed by atoms with E-state index in [2.05, 4.69) is 84.7 Å². The number of aliphatic hydroxyl groups excluding tert-OH is 2. The van der Waals surface area contributed by atoms with Gasteiger partial charge in [0.25, 0.3) is 0 Å². The van der Waals surface area contributed by atoms with E-state index in [0.717, 1.165) is 20.8 Å². The van der Waals surface area contributed by atoms with Crippen LogP contribution in [0.3, 0.4) is 0 Å². The van der Waals surface area contributed by atoms with Crippen LogP contribution in [0.2, 0.25) is 0 Å². The van der Waals surface area contributed by atoms with Crippen LogP contribution < -0.4 is 91.2 Å². The average Bonchev–Trinajstić information content (AvgIpc) is 1.65. The highest BCUT2D eigenvalue weighted by atomic mass is 16.4. The number of para-hydroxylation sites is 1. The third-order valence-corrected chi connectivity index (χ3v) is 19.1. The van der Waals surface area contributed by atoms with Gasteiger partial charge in [0.05, 0.1) is 32.0 Å². The van der Waals surface area contributed by atoms with Gasteiger partial charge in [0.2, 0.25) is 100 Å². The molecule has 26 N–H and O–H groups in total. The van der Waals surface area contributed by atoms with E-state index in [1.165, 1.54) is 20.0 Å². The van der Waals surface area contributed by atoms with Gasteiger partial charge in [0, 0.05) is 56.1 Å². The standard InChI is InChI=1S/C81H112N18O27/c1-38(2)28-52(73(118)85-41(6)70(115)98-60(37-100)67(83)112)91-68(113)40(5)86-74(119)54(30-45-18-12-10-13-19-45)94-76(121)56(32-47-36-84-49-23-17-16-22-48(47)49)96-72(117)51(25-27-63(106)107)89-71(116)50(24-26-62(104)105)90-75(120)53(29-39(3)4)93-79(124)59(35-65(110)111)97-77(122)57(33-61(82)103)92-69(114)42(7)87-81(126)66(43(8)101)99-80(125)55(31-46-20-14-11-15-21-46)95-78(123)58(34-64(108)109)88-44(9)102/h10-23,36,38-43,50-60,66,84,100-101H,24-35,37H2,1-9H3,(H2,82,103)(H2,83,112)(H,85,118)(H,86,119)(H,87,126)(H,88,102)(H,89,116)(H,90,120)(H,91,113)(H,92,114)(H,93,124)(H,94,121)(H,95,123)(H,96,117)(H,97,122)(H,98,115)(H,99,125)(H,104,105)(H,106,107)(H,108,109)(H,110,111)/t40-,41-,42-,43+,50-,51-,52-,53-,54-,55-,56-,57-,58-,59-,60-,66-/m0/s1. The molecule has 1 aromatic heterocycles. The summed E-state index contributed by atoms with van der Waals surface area (Å²) < 4.78 is 0. The summed E-state index contributed by atoms with van der Waals surface area (Å²) in [6.07, 6.45) is -8.20. The van der Waals surface area contributed by atoms with Gasteiger partial charge < -0.3 is 127 Å². The number of hydrogen-bond donors (Lipinski definition) is 24. The molecule has 17 amide bonds. The molecule has 0 unspecified atom stereocenters. The van der Waals surface area contributed by atoms with Crippen molar-refractivity contribution in [3.63, 3.8) is 0 Å². The number of aromatic nitrogens is 1. The van der Waals surface area contributed by atoms with Crippen molar-refractivity contribution in [1.29, 1.82) is 0 Å². The molecule has 0 saturated carbocycles. The number of fused-ring (bicyclic) bond motifs is 1. The van der Waals surface area contributed by atoms with Crippen LogP contribution >= 0.6 is 0 Å². The molecule has 0 aliphatic rings. The van der Waals surface area contributed by atoms with Gasteiger partial charge in [-0.05, 0) is 88.0 Å². The van der Waals surface area contributed by atoms with Gasteiger partial charge in [0.15, 0.2) is 0 Å². The molecule has 4 rings (SSSR count). The fraction of sp³-hybridized carbons (Fsp3) is 0.494. The molecule has 0 radical (unpaired) electrons. The van der Waals surface area contributed by atoms with Gasteiger partial charge in [-0.3, -0.25) is 101 Å². The van der Waals surface area contributed by atoms with Gasteiger partial charge in [-0.1, -0.05) is 107 Å². The number of carboxylic acids is 4. The number of primary amides is 2. The molecular weight excluding hydrogens is 1660 g/mol. The van der Waals surface area contributed by atoms with Crippen molar-refractivity contribution in [1.82, 2.24) is 84.7 Å². The number of carbonyl (C=O) groups excluding carboxylic acids is 17. The van der Waals surface area contributed by atoms with Crippen LogP contribution in [0.15, 0.2) is 91.1 Å². The second-order valence-electron chi connectivity index (χ2n) is 30.8. The molecule has 126 heavy (non-hydrogen) atoms. The third-order valence-electron chi connectivity index (χ3n) is 19.1. The Morgan fingerprint density at radius 1 is 0.341 bits per heavy atom. The van der Waals surface area contributed by atoms with Gasteiger partial charge in [-0.25, -0.2) is 0 Å². The summed E-state index contributed by atoms with van der Waals surface area (Å²) in [6, 6.07) is -3.29. The predicted molar refractivity (Wildman–Crippen MR) is 443 cm³/mol. The largest absolute Gasteiger partial charge is 0.481 e. The quantitative estimate of drug-likeness (QED) is 0.0196. The molecule has 3 aromatic carbocycles. The molecule has 16 atom stereocenters. The van der Waals surface area contributed by atoms with E-state index in [-0.39, 0.29) is 31.6 Å². The van der Waals surface area contributed by atoms with Crippen molar-refractivity contribution < 1.29 is 131 Å². The van der Waals surface area contributed by atoms with Crippen molar-refractivity contribution in [3.05, 3.63) is 108 Å². The first-order chi connectivity index (χ1) is 59.2. The highest BCUT2D eigenvalue weighted by molar-refractivity contribution is 6.02. The van der Waals surface area contributed by atoms with Crippen molar-refractivity contribution in [2.75, 3.05) is 6.61 Å². The van der Waals surface area contributed by atoms with E-state index in [9.17, 15) is 127 Å². The first-order valence-electron chi connectivity index (χ1n) is 40.1. The molecule has 1 heterocycles. The van der Waals surface area contributed by atoms with Gasteiger partial charge >= 0.3 is 23.9 Å². The van der Waals surface area contributed by atoms with E-state index in [1.54, 1.807) is 113 Å². The van der Waals surface area contributed by atoms with Crippen molar-refractivity contribution in [2.24, 2.45) is 23.3 Å². The monoisotopic (exact) mass is 1770 g/mol. The molecule has 0 bridgehead atoms. The van der Waals surface area contributed by atoms with Crippen LogP contribution in [0, 0.1) is 11.8 Å². The fourth-order valence-electron chi connectivity index (χ4n) is 12.5. The third kappa shape index (κ3) is 36.2. The summed E-state index contributed by atoms with van der Waals surface area (Å²) in [5.74, 6) is -26.7. The maximum absolute atomic E-state index is 15.1. The first-order valence-corrected chi connectivity index (χ1v) is 40.1. The van der Waals surface area contributed by atoms with Crippen molar-refractivity contribution >= 4 is 135 Å². The van der Waals surface area contributed by atoms with Crippen LogP contribution in [0.25, 0.3) is 10.9 Å². The number of nitrogens with one attached hydrogen (secondary N) is 16. The number of aromatic amines is 1. The Hall–Kier alpha value is -14.0. The Morgan fingerprint density at radius 3 is 1.06 bits per heavy atom. The summed E-state index contributed by atoms with van der Waals surface area (Å²) in [7, 11) is 0. The number of hydrogen-bond acceptors (Lipinski definition) is 23. The molecule has 45 nitrogen and oxygen atoms in total. The van der Waals surface area contributed by atoms with Crippen LogP contribution in [-0.4, -0.2) is 263 Å². The van der Waals surface area contributed by atoms with Crippen LogP contribution in [0.4, 0.5) is 0 Å². The lowest BCUT2D eigenvalue weighted by Crippen LogP contribution is -2.62. The Balaban J connectivity index is 1.62. The Morgan fingerprint density at radius 2 is 0.659 bits per heavy atom. The van der Waals surface area contributed by atoms with Crippen molar-refractivity contribution in [3.8, 4) is 0 Å². The highest BCUT2D eigenvalue weighted by Crippen LogP contribution is 2.21. The van der Waals surface area contributed by atoms with Gasteiger partial charge in [-0.15, -0.1) is 0 Å². The summed E-state index contributed by atoms with van der Waals surface area (Å²) in [5.41, 5.74) is 12.5. The van der Waals surface area contributed by atoms with E-state index in [1.807, 2.05) is 0 Å². The number of carbonyl (C=O) groups is 21. The number of nitrogens with two attached hydrogens (primary N) is 2. The molecule has 4 aromatic rings. The first kappa shape index (κ1) is 104. The predicted octanol–water partition coefficient (Wildman–Crippen LogP) is -5.95. The van der Waals surface area contributed by atoms with E-state index < -0.39 is 285 Å². The molecular formula is C81H112N18O27. The van der Waals surface area contributed by atoms with Gasteiger partial charge in [-0.2, -0.15) is 0 Å². The number of benzene rings is 3. The molecule has 0 spiro atoms. The zero-order valence-corrected chi connectivity index (χ0v) is 70.7. The van der Waals surface area contributed by atoms with Crippen LogP contribution in [0.1, 0.15) is 137 Å². The fourth-order valence-corrected chi connectivity index (χ4v) is 12.5. The molecule has 0 fully saturated rings.